The second-order valence-corrected chi connectivity index (χ2v) is 5.76. The molecule has 0 heterocycles. The van der Waals surface area contributed by atoms with Gasteiger partial charge in [0.15, 0.2) is 6.61 Å². The van der Waals surface area contributed by atoms with E-state index < -0.39 is 0 Å². The van der Waals surface area contributed by atoms with Crippen LogP contribution in [0.15, 0.2) is 23.4 Å². The zero-order valence-corrected chi connectivity index (χ0v) is 13.4. The molecule has 5 heteroatoms. The lowest BCUT2D eigenvalue weighted by atomic mass is 10.0. The molecule has 0 aliphatic heterocycles. The molecule has 0 fully saturated rings. The van der Waals surface area contributed by atoms with Gasteiger partial charge in [0.1, 0.15) is 5.75 Å². The van der Waals surface area contributed by atoms with Crippen LogP contribution in [0.25, 0.3) is 0 Å². The molecule has 0 aliphatic carbocycles. The molecule has 1 rings (SSSR count). The van der Waals surface area contributed by atoms with Crippen LogP contribution < -0.4 is 10.1 Å². The third kappa shape index (κ3) is 5.10. The number of rotatable bonds is 6. The van der Waals surface area contributed by atoms with Crippen molar-refractivity contribution in [2.75, 3.05) is 6.61 Å². The number of hydrogen-bond acceptors (Lipinski definition) is 4. The molecule has 0 aliphatic rings. The average Bonchev–Trinajstić information content (AvgIpc) is 2.44. The first-order valence-corrected chi connectivity index (χ1v) is 7.02. The molecule has 0 saturated heterocycles. The second kappa shape index (κ2) is 7.11. The maximum Gasteiger partial charge on any atom is 0.258 e. The molecule has 0 unspecified atom stereocenters. The van der Waals surface area contributed by atoms with Gasteiger partial charge in [-0.2, -0.15) is 0 Å². The van der Waals surface area contributed by atoms with Gasteiger partial charge in [0.05, 0.1) is 5.71 Å². The van der Waals surface area contributed by atoms with E-state index >= 15 is 0 Å². The van der Waals surface area contributed by atoms with E-state index in [2.05, 4.69) is 10.5 Å². The molecule has 21 heavy (non-hydrogen) atoms. The van der Waals surface area contributed by atoms with Crippen LogP contribution >= 0.6 is 0 Å². The van der Waals surface area contributed by atoms with E-state index in [1.165, 1.54) is 0 Å². The molecular formula is C16H24N2O3. The van der Waals surface area contributed by atoms with Crippen LogP contribution in [0.5, 0.6) is 5.75 Å². The summed E-state index contributed by atoms with van der Waals surface area (Å²) < 4.78 is 5.56. The molecule has 5 nitrogen and oxygen atoms in total. The number of nitrogens with one attached hydrogen (secondary N) is 1. The number of ether oxygens (including phenoxy) is 1. The van der Waals surface area contributed by atoms with Gasteiger partial charge in [0.2, 0.25) is 0 Å². The van der Waals surface area contributed by atoms with Crippen molar-refractivity contribution in [2.24, 2.45) is 5.16 Å². The Hall–Kier alpha value is -2.04. The Bertz CT molecular complexity index is 536. The highest BCUT2D eigenvalue weighted by Crippen LogP contribution is 2.21. The smallest absolute Gasteiger partial charge is 0.258 e. The van der Waals surface area contributed by atoms with Crippen molar-refractivity contribution in [1.82, 2.24) is 5.32 Å². The molecule has 0 atom stereocenters. The van der Waals surface area contributed by atoms with Crippen molar-refractivity contribution in [3.05, 3.63) is 29.3 Å². The number of nitrogens with zero attached hydrogens (tertiary/aromatic N) is 1. The number of benzene rings is 1. The van der Waals surface area contributed by atoms with Gasteiger partial charge in [-0.05, 0) is 46.2 Å². The number of hydrogen-bond donors (Lipinski definition) is 2. The summed E-state index contributed by atoms with van der Waals surface area (Å²) in [6.07, 6.45) is 0.838. The molecular weight excluding hydrogens is 268 g/mol. The lowest BCUT2D eigenvalue weighted by molar-refractivity contribution is -0.124. The minimum Gasteiger partial charge on any atom is -0.483 e. The summed E-state index contributed by atoms with van der Waals surface area (Å²) in [5, 5.41) is 15.0. The van der Waals surface area contributed by atoms with E-state index in [0.717, 1.165) is 12.0 Å². The van der Waals surface area contributed by atoms with Crippen molar-refractivity contribution in [3.8, 4) is 5.75 Å². The lowest BCUT2D eigenvalue weighted by Gasteiger charge is -2.24. The minimum atomic E-state index is -0.251. The zero-order chi connectivity index (χ0) is 16.0. The maximum absolute atomic E-state index is 11.9. The van der Waals surface area contributed by atoms with Gasteiger partial charge in [-0.15, -0.1) is 0 Å². The highest BCUT2D eigenvalue weighted by atomic mass is 16.5. The quantitative estimate of drug-likeness (QED) is 0.481. The molecule has 0 spiro atoms. The molecule has 0 saturated carbocycles. The Kier molecular flexibility index (Phi) is 5.76. The Balaban J connectivity index is 2.78. The van der Waals surface area contributed by atoms with Crippen molar-refractivity contribution < 1.29 is 14.7 Å². The first-order chi connectivity index (χ1) is 9.79. The molecule has 116 valence electrons. The third-order valence-electron chi connectivity index (χ3n) is 3.40. The van der Waals surface area contributed by atoms with Crippen LogP contribution in [-0.2, 0) is 4.79 Å². The molecule has 1 aromatic carbocycles. The summed E-state index contributed by atoms with van der Waals surface area (Å²) in [5.41, 5.74) is 1.90. The first-order valence-electron chi connectivity index (χ1n) is 7.02. The second-order valence-electron chi connectivity index (χ2n) is 5.76. The van der Waals surface area contributed by atoms with E-state index in [1.807, 2.05) is 39.8 Å². The van der Waals surface area contributed by atoms with Crippen LogP contribution in [0.4, 0.5) is 0 Å². The van der Waals surface area contributed by atoms with E-state index in [0.29, 0.717) is 17.0 Å². The predicted molar refractivity (Wildman–Crippen MR) is 83.2 cm³/mol. The van der Waals surface area contributed by atoms with Crippen LogP contribution in [0.1, 0.15) is 45.2 Å². The summed E-state index contributed by atoms with van der Waals surface area (Å²) in [4.78, 5) is 11.9. The van der Waals surface area contributed by atoms with Crippen LogP contribution in [0.2, 0.25) is 0 Å². The van der Waals surface area contributed by atoms with E-state index in [-0.39, 0.29) is 18.1 Å². The van der Waals surface area contributed by atoms with Crippen molar-refractivity contribution in [3.63, 3.8) is 0 Å². The number of aryl methyl sites for hydroxylation is 1. The Morgan fingerprint density at radius 2 is 2.10 bits per heavy atom. The SMILES string of the molecule is CCC(C)(C)NC(=O)COc1ccc(C)cc1C(C)=NO. The predicted octanol–water partition coefficient (Wildman–Crippen LogP) is 2.88. The van der Waals surface area contributed by atoms with Gasteiger partial charge >= 0.3 is 0 Å². The standard InChI is InChI=1S/C16H24N2O3/c1-6-16(4,5)17-15(19)10-21-14-8-7-11(2)9-13(14)12(3)18-20/h7-9,20H,6,10H2,1-5H3,(H,17,19). The van der Waals surface area contributed by atoms with Gasteiger partial charge in [-0.1, -0.05) is 23.7 Å². The lowest BCUT2D eigenvalue weighted by Crippen LogP contribution is -2.44. The average molecular weight is 292 g/mol. The monoisotopic (exact) mass is 292 g/mol. The van der Waals surface area contributed by atoms with Crippen molar-refractivity contribution in [1.29, 1.82) is 0 Å². The highest BCUT2D eigenvalue weighted by Gasteiger charge is 2.18. The van der Waals surface area contributed by atoms with Gasteiger partial charge < -0.3 is 15.3 Å². The molecule has 1 aromatic rings. The molecule has 0 bridgehead atoms. The maximum atomic E-state index is 11.9. The molecule has 0 aromatic heterocycles. The van der Waals surface area contributed by atoms with Crippen LogP contribution in [0.3, 0.4) is 0 Å². The van der Waals surface area contributed by atoms with Crippen LogP contribution in [-0.4, -0.2) is 29.0 Å². The number of carbonyl (C=O) groups is 1. The largest absolute Gasteiger partial charge is 0.483 e. The Labute approximate surface area is 126 Å². The van der Waals surface area contributed by atoms with Crippen LogP contribution in [0, 0.1) is 6.92 Å². The van der Waals surface area contributed by atoms with Gasteiger partial charge in [0.25, 0.3) is 5.91 Å². The Morgan fingerprint density at radius 3 is 2.67 bits per heavy atom. The van der Waals surface area contributed by atoms with E-state index in [9.17, 15) is 4.79 Å². The molecule has 2 N–H and O–H groups in total. The fraction of sp³-hybridized carbons (Fsp3) is 0.500. The van der Waals surface area contributed by atoms with Gasteiger partial charge in [-0.3, -0.25) is 4.79 Å². The number of amides is 1. The van der Waals surface area contributed by atoms with Gasteiger partial charge in [-0.25, -0.2) is 0 Å². The normalized spacial score (nSPS) is 12.1. The summed E-state index contributed by atoms with van der Waals surface area (Å²) in [7, 11) is 0. The molecule has 0 radical (unpaired) electrons. The molecule has 1 amide bonds. The fourth-order valence-electron chi connectivity index (χ4n) is 1.75. The fourth-order valence-corrected chi connectivity index (χ4v) is 1.75. The number of carbonyl (C=O) groups excluding carboxylic acids is 1. The van der Waals surface area contributed by atoms with Gasteiger partial charge in [0, 0.05) is 11.1 Å². The van der Waals surface area contributed by atoms with Crippen molar-refractivity contribution in [2.45, 2.75) is 46.6 Å². The van der Waals surface area contributed by atoms with Crippen molar-refractivity contribution >= 4 is 11.6 Å². The third-order valence-corrected chi connectivity index (χ3v) is 3.40. The summed E-state index contributed by atoms with van der Waals surface area (Å²) in [6, 6.07) is 5.52. The summed E-state index contributed by atoms with van der Waals surface area (Å²) >= 11 is 0. The summed E-state index contributed by atoms with van der Waals surface area (Å²) in [5.74, 6) is 0.354. The highest BCUT2D eigenvalue weighted by molar-refractivity contribution is 6.01. The zero-order valence-electron chi connectivity index (χ0n) is 13.4. The van der Waals surface area contributed by atoms with E-state index in [4.69, 9.17) is 9.94 Å². The van der Waals surface area contributed by atoms with E-state index in [1.54, 1.807) is 13.0 Å². The minimum absolute atomic E-state index is 0.0712. The Morgan fingerprint density at radius 1 is 1.43 bits per heavy atom. The number of oxime groups is 1. The topological polar surface area (TPSA) is 70.9 Å². The first kappa shape index (κ1) is 17.0. The summed E-state index contributed by atoms with van der Waals surface area (Å²) in [6.45, 7) is 9.49.